The van der Waals surface area contributed by atoms with E-state index in [1.807, 2.05) is 33.2 Å². The van der Waals surface area contributed by atoms with Crippen LogP contribution in [0.15, 0.2) is 36.4 Å². The summed E-state index contributed by atoms with van der Waals surface area (Å²) in [5.74, 6) is 0.245. The Morgan fingerprint density at radius 1 is 1.19 bits per heavy atom. The maximum Gasteiger partial charge on any atom is 0.138 e. The summed E-state index contributed by atoms with van der Waals surface area (Å²) in [7, 11) is 0. The van der Waals surface area contributed by atoms with Crippen molar-refractivity contribution in [3.8, 4) is 0 Å². The van der Waals surface area contributed by atoms with Gasteiger partial charge in [-0.2, -0.15) is 0 Å². The molecule has 6 heteroatoms. The zero-order valence-electron chi connectivity index (χ0n) is 10.8. The van der Waals surface area contributed by atoms with Crippen molar-refractivity contribution < 1.29 is 8.78 Å². The van der Waals surface area contributed by atoms with Gasteiger partial charge in [0.2, 0.25) is 0 Å². The van der Waals surface area contributed by atoms with Crippen molar-refractivity contribution in [3.05, 3.63) is 63.0 Å². The Bertz CT molecular complexity index is 817. The van der Waals surface area contributed by atoms with Crippen molar-refractivity contribution in [2.75, 3.05) is 0 Å². The number of hydrogen-bond acceptors (Lipinski definition) is 1. The summed E-state index contributed by atoms with van der Waals surface area (Å²) in [5.41, 5.74) is 2.13. The van der Waals surface area contributed by atoms with Crippen molar-refractivity contribution in [3.63, 3.8) is 0 Å². The molecular weight excluding hydrogens is 409 g/mol. The first-order valence-corrected chi connectivity index (χ1v) is 7.84. The van der Waals surface area contributed by atoms with Crippen LogP contribution in [0.2, 0.25) is 0 Å². The van der Waals surface area contributed by atoms with Gasteiger partial charge < -0.3 is 4.57 Å². The van der Waals surface area contributed by atoms with Gasteiger partial charge in [-0.1, -0.05) is 12.1 Å². The van der Waals surface area contributed by atoms with Gasteiger partial charge in [0.25, 0.3) is 0 Å². The highest BCUT2D eigenvalue weighted by Gasteiger charge is 2.13. The van der Waals surface area contributed by atoms with Crippen LogP contribution >= 0.6 is 34.2 Å². The van der Waals surface area contributed by atoms with Gasteiger partial charge in [-0.25, -0.2) is 13.8 Å². The number of rotatable bonds is 3. The molecule has 0 unspecified atom stereocenters. The highest BCUT2D eigenvalue weighted by molar-refractivity contribution is 14.1. The van der Waals surface area contributed by atoms with E-state index in [1.165, 1.54) is 18.2 Å². The third kappa shape index (κ3) is 2.89. The van der Waals surface area contributed by atoms with Crippen molar-refractivity contribution >= 4 is 45.2 Å². The van der Waals surface area contributed by atoms with Gasteiger partial charge in [0, 0.05) is 12.6 Å². The van der Waals surface area contributed by atoms with Crippen molar-refractivity contribution in [2.45, 2.75) is 12.4 Å². The molecule has 1 aromatic heterocycles. The third-order valence-corrected chi connectivity index (χ3v) is 4.28. The number of halogens is 4. The molecule has 0 aliphatic heterocycles. The first-order valence-electron chi connectivity index (χ1n) is 6.23. The van der Waals surface area contributed by atoms with Gasteiger partial charge >= 0.3 is 0 Å². The Labute approximate surface area is 138 Å². The predicted octanol–water partition coefficient (Wildman–Crippen LogP) is 4.71. The molecule has 0 aliphatic carbocycles. The topological polar surface area (TPSA) is 17.8 Å². The van der Waals surface area contributed by atoms with Gasteiger partial charge in [-0.15, -0.1) is 11.6 Å². The zero-order chi connectivity index (χ0) is 15.0. The average Bonchev–Trinajstić information content (AvgIpc) is 2.77. The van der Waals surface area contributed by atoms with Crippen LogP contribution < -0.4 is 0 Å². The van der Waals surface area contributed by atoms with E-state index in [0.717, 1.165) is 5.56 Å². The molecule has 0 spiro atoms. The lowest BCUT2D eigenvalue weighted by molar-refractivity contribution is 0.619. The maximum atomic E-state index is 13.8. The summed E-state index contributed by atoms with van der Waals surface area (Å²) in [6.45, 7) is 0.399. The van der Waals surface area contributed by atoms with Crippen LogP contribution in [0.3, 0.4) is 0 Å². The van der Waals surface area contributed by atoms with E-state index in [9.17, 15) is 8.78 Å². The SMILES string of the molecule is Fc1cccc(Cn2c(CCl)nc3cc(I)c(F)cc32)c1. The summed E-state index contributed by atoms with van der Waals surface area (Å²) in [4.78, 5) is 4.42. The molecule has 0 N–H and O–H groups in total. The standard InChI is InChI=1S/C15H10ClF2IN2/c16-7-15-20-13-6-12(19)11(18)5-14(13)21(15)8-9-2-1-3-10(17)4-9/h1-6H,7-8H2. The minimum absolute atomic E-state index is 0.211. The Morgan fingerprint density at radius 2 is 2.00 bits per heavy atom. The van der Waals surface area contributed by atoms with E-state index in [-0.39, 0.29) is 17.5 Å². The molecule has 0 radical (unpaired) electrons. The van der Waals surface area contributed by atoms with Crippen LogP contribution in [0, 0.1) is 15.2 Å². The normalized spacial score (nSPS) is 11.2. The molecular formula is C15H10ClF2IN2. The summed E-state index contributed by atoms with van der Waals surface area (Å²) < 4.78 is 29.4. The molecule has 0 fully saturated rings. The zero-order valence-corrected chi connectivity index (χ0v) is 13.7. The highest BCUT2D eigenvalue weighted by atomic mass is 127. The Hall–Kier alpha value is -1.21. The van der Waals surface area contributed by atoms with E-state index in [0.29, 0.717) is 27.0 Å². The molecule has 0 saturated heterocycles. The summed E-state index contributed by atoms with van der Waals surface area (Å²) in [5, 5.41) is 0. The van der Waals surface area contributed by atoms with Gasteiger partial charge in [0.1, 0.15) is 17.5 Å². The van der Waals surface area contributed by atoms with Gasteiger partial charge in [0.15, 0.2) is 0 Å². The van der Waals surface area contributed by atoms with Crippen LogP contribution in [0.5, 0.6) is 0 Å². The first-order chi connectivity index (χ1) is 10.1. The second-order valence-corrected chi connectivity index (χ2v) is 6.06. The fourth-order valence-electron chi connectivity index (χ4n) is 2.27. The molecule has 108 valence electrons. The van der Waals surface area contributed by atoms with Gasteiger partial charge in [-0.05, 0) is 46.4 Å². The lowest BCUT2D eigenvalue weighted by atomic mass is 10.2. The largest absolute Gasteiger partial charge is 0.322 e. The Morgan fingerprint density at radius 3 is 2.71 bits per heavy atom. The lowest BCUT2D eigenvalue weighted by Gasteiger charge is -2.08. The molecule has 3 aromatic rings. The van der Waals surface area contributed by atoms with Crippen molar-refractivity contribution in [1.82, 2.24) is 9.55 Å². The van der Waals surface area contributed by atoms with E-state index in [2.05, 4.69) is 4.98 Å². The smallest absolute Gasteiger partial charge is 0.138 e. The van der Waals surface area contributed by atoms with Crippen LogP contribution in [-0.2, 0) is 12.4 Å². The van der Waals surface area contributed by atoms with Crippen LogP contribution in [0.25, 0.3) is 11.0 Å². The van der Waals surface area contributed by atoms with E-state index < -0.39 is 0 Å². The number of nitrogens with zero attached hydrogens (tertiary/aromatic N) is 2. The minimum Gasteiger partial charge on any atom is -0.322 e. The molecule has 0 atom stereocenters. The quantitative estimate of drug-likeness (QED) is 0.445. The monoisotopic (exact) mass is 418 g/mol. The number of benzene rings is 2. The molecule has 21 heavy (non-hydrogen) atoms. The van der Waals surface area contributed by atoms with Crippen LogP contribution in [-0.4, -0.2) is 9.55 Å². The molecule has 2 aromatic carbocycles. The molecule has 0 aliphatic rings. The van der Waals surface area contributed by atoms with Gasteiger partial charge in [0.05, 0.1) is 20.5 Å². The molecule has 0 bridgehead atoms. The van der Waals surface area contributed by atoms with Gasteiger partial charge in [-0.3, -0.25) is 0 Å². The third-order valence-electron chi connectivity index (χ3n) is 3.22. The Kier molecular flexibility index (Phi) is 4.12. The number of aromatic nitrogens is 2. The molecule has 1 heterocycles. The second kappa shape index (κ2) is 5.88. The number of imidazole rings is 1. The second-order valence-electron chi connectivity index (χ2n) is 4.63. The van der Waals surface area contributed by atoms with E-state index in [4.69, 9.17) is 11.6 Å². The van der Waals surface area contributed by atoms with E-state index >= 15 is 0 Å². The van der Waals surface area contributed by atoms with Crippen LogP contribution in [0.1, 0.15) is 11.4 Å². The fourth-order valence-corrected chi connectivity index (χ4v) is 2.92. The summed E-state index contributed by atoms with van der Waals surface area (Å²) in [6.07, 6.45) is 0. The summed E-state index contributed by atoms with van der Waals surface area (Å²) >= 11 is 7.85. The number of hydrogen-bond donors (Lipinski definition) is 0. The fraction of sp³-hybridized carbons (Fsp3) is 0.133. The first kappa shape index (κ1) is 14.7. The number of alkyl halides is 1. The molecule has 3 rings (SSSR count). The maximum absolute atomic E-state index is 13.8. The average molecular weight is 419 g/mol. The Balaban J connectivity index is 2.14. The summed E-state index contributed by atoms with van der Waals surface area (Å²) in [6, 6.07) is 9.43. The minimum atomic E-state index is -0.301. The van der Waals surface area contributed by atoms with E-state index in [1.54, 1.807) is 12.1 Å². The molecule has 2 nitrogen and oxygen atoms in total. The van der Waals surface area contributed by atoms with Crippen molar-refractivity contribution in [2.24, 2.45) is 0 Å². The molecule has 0 saturated carbocycles. The van der Waals surface area contributed by atoms with Crippen molar-refractivity contribution in [1.29, 1.82) is 0 Å². The lowest BCUT2D eigenvalue weighted by Crippen LogP contribution is -2.04. The highest BCUT2D eigenvalue weighted by Crippen LogP contribution is 2.24. The van der Waals surface area contributed by atoms with Crippen LogP contribution in [0.4, 0.5) is 8.78 Å². The molecule has 0 amide bonds. The number of fused-ring (bicyclic) bond motifs is 1. The predicted molar refractivity (Wildman–Crippen MR) is 87.5 cm³/mol.